The van der Waals surface area contributed by atoms with Crippen molar-refractivity contribution in [3.63, 3.8) is 0 Å². The van der Waals surface area contributed by atoms with Crippen molar-refractivity contribution in [2.75, 3.05) is 14.2 Å². The van der Waals surface area contributed by atoms with Crippen LogP contribution in [0.25, 0.3) is 0 Å². The molecule has 0 N–H and O–H groups in total. The largest absolute Gasteiger partial charge is 2.00 e. The maximum absolute atomic E-state index is 5.34. The average molecular weight is 349 g/mol. The van der Waals surface area contributed by atoms with E-state index >= 15 is 0 Å². The molecule has 0 aliphatic heterocycles. The molecule has 2 aromatic carbocycles. The van der Waals surface area contributed by atoms with E-state index < -0.39 is 0 Å². The molecule has 0 saturated carbocycles. The van der Waals surface area contributed by atoms with Gasteiger partial charge in [0, 0.05) is 0 Å². The summed E-state index contributed by atoms with van der Waals surface area (Å²) in [6, 6.07) is 16.0. The fourth-order valence-electron chi connectivity index (χ4n) is 1.57. The molecule has 0 aliphatic carbocycles. The van der Waals surface area contributed by atoms with Crippen LogP contribution >= 0.6 is 8.58 Å². The van der Waals surface area contributed by atoms with Crippen LogP contribution in [0, 0.1) is 0 Å². The molecule has 0 aliphatic rings. The Morgan fingerprint density at radius 1 is 0.737 bits per heavy atom. The first-order valence-electron chi connectivity index (χ1n) is 5.33. The first-order valence-corrected chi connectivity index (χ1v) is 6.22. The molecule has 2 nitrogen and oxygen atoms in total. The average Bonchev–Trinajstić information content (AvgIpc) is 2.40. The standard InChI is InChI=1S/C14H14O2P.BrH.Mg/c1-15-11-7-3-5-9-13(11)17-14-10-6-4-8-12(14)16-2;;/h3-10H,1-2H3;1H;/q-1;;+2/p-1. The third kappa shape index (κ3) is 4.96. The zero-order valence-electron chi connectivity index (χ0n) is 11.0. The van der Waals surface area contributed by atoms with Crippen LogP contribution < -0.4 is 37.1 Å². The number of ether oxygens (including phenoxy) is 2. The number of hydrogen-bond donors (Lipinski definition) is 0. The molecule has 2 rings (SSSR count). The normalized spacial score (nSPS) is 8.95. The first kappa shape index (κ1) is 18.7. The first-order chi connectivity index (χ1) is 8.35. The summed E-state index contributed by atoms with van der Waals surface area (Å²) < 4.78 is 10.7. The third-order valence-electron chi connectivity index (χ3n) is 2.41. The minimum absolute atomic E-state index is 0. The fourth-order valence-corrected chi connectivity index (χ4v) is 2.71. The molecule has 0 heterocycles. The molecule has 0 unspecified atom stereocenters. The van der Waals surface area contributed by atoms with Gasteiger partial charge in [0.25, 0.3) is 0 Å². The molecule has 0 radical (unpaired) electrons. The van der Waals surface area contributed by atoms with Crippen molar-refractivity contribution in [2.45, 2.75) is 0 Å². The summed E-state index contributed by atoms with van der Waals surface area (Å²) in [6.07, 6.45) is 0. The van der Waals surface area contributed by atoms with Crippen LogP contribution in [0.1, 0.15) is 0 Å². The van der Waals surface area contributed by atoms with Crippen molar-refractivity contribution in [1.29, 1.82) is 0 Å². The molecule has 0 saturated heterocycles. The van der Waals surface area contributed by atoms with Crippen LogP contribution in [-0.2, 0) is 0 Å². The van der Waals surface area contributed by atoms with Crippen LogP contribution in [0.15, 0.2) is 48.5 Å². The molecular formula is C14H14BrMgO2P. The summed E-state index contributed by atoms with van der Waals surface area (Å²) in [6.45, 7) is 0. The summed E-state index contributed by atoms with van der Waals surface area (Å²) in [5.74, 6) is 1.81. The molecular weight excluding hydrogens is 335 g/mol. The van der Waals surface area contributed by atoms with Gasteiger partial charge in [-0.3, -0.25) is 0 Å². The van der Waals surface area contributed by atoms with Crippen LogP contribution in [0.2, 0.25) is 0 Å². The molecule has 96 valence electrons. The topological polar surface area (TPSA) is 18.5 Å². The number of halogens is 1. The van der Waals surface area contributed by atoms with Gasteiger partial charge in [0.1, 0.15) is 0 Å². The Morgan fingerprint density at radius 2 is 1.11 bits per heavy atom. The Hall–Kier alpha value is -0.284. The quantitative estimate of drug-likeness (QED) is 0.533. The van der Waals surface area contributed by atoms with Gasteiger partial charge in [-0.1, -0.05) is 36.4 Å². The van der Waals surface area contributed by atoms with Gasteiger partial charge in [-0.2, -0.15) is 10.6 Å². The van der Waals surface area contributed by atoms with Gasteiger partial charge in [0.05, 0.1) is 25.7 Å². The van der Waals surface area contributed by atoms with E-state index in [4.69, 9.17) is 9.47 Å². The van der Waals surface area contributed by atoms with E-state index in [-0.39, 0.29) is 40.0 Å². The van der Waals surface area contributed by atoms with Crippen molar-refractivity contribution in [3.05, 3.63) is 48.5 Å². The molecule has 19 heavy (non-hydrogen) atoms. The van der Waals surface area contributed by atoms with E-state index in [9.17, 15) is 0 Å². The maximum atomic E-state index is 5.34. The monoisotopic (exact) mass is 348 g/mol. The van der Waals surface area contributed by atoms with Gasteiger partial charge in [0.15, 0.2) is 0 Å². The molecule has 0 spiro atoms. The summed E-state index contributed by atoms with van der Waals surface area (Å²) in [4.78, 5) is 0. The molecule has 0 atom stereocenters. The van der Waals surface area contributed by atoms with Gasteiger partial charge in [-0.05, 0) is 12.1 Å². The Morgan fingerprint density at radius 3 is 1.47 bits per heavy atom. The minimum atomic E-state index is 0. The Bertz CT molecular complexity index is 463. The molecule has 0 fully saturated rings. The number of benzene rings is 2. The summed E-state index contributed by atoms with van der Waals surface area (Å²) >= 11 is 0. The van der Waals surface area contributed by atoms with Crippen molar-refractivity contribution in [3.8, 4) is 11.5 Å². The molecule has 0 amide bonds. The smallest absolute Gasteiger partial charge is 1.00 e. The molecule has 0 aromatic heterocycles. The maximum Gasteiger partial charge on any atom is 2.00 e. The van der Waals surface area contributed by atoms with E-state index in [1.807, 2.05) is 36.4 Å². The Labute approximate surface area is 142 Å². The minimum Gasteiger partial charge on any atom is -1.00 e. The van der Waals surface area contributed by atoms with Crippen molar-refractivity contribution in [1.82, 2.24) is 0 Å². The van der Waals surface area contributed by atoms with E-state index in [0.717, 1.165) is 30.7 Å². The number of rotatable bonds is 4. The van der Waals surface area contributed by atoms with E-state index in [1.54, 1.807) is 14.2 Å². The molecule has 5 heteroatoms. The number of hydrogen-bond acceptors (Lipinski definition) is 2. The predicted octanol–water partition coefficient (Wildman–Crippen LogP) is -0.776. The van der Waals surface area contributed by atoms with Crippen LogP contribution in [-0.4, -0.2) is 37.3 Å². The van der Waals surface area contributed by atoms with Gasteiger partial charge in [-0.25, -0.2) is 0 Å². The summed E-state index contributed by atoms with van der Waals surface area (Å²) in [5.41, 5.74) is 0. The van der Waals surface area contributed by atoms with Crippen molar-refractivity contribution in [2.24, 2.45) is 0 Å². The second kappa shape index (κ2) is 9.59. The Kier molecular flexibility index (Phi) is 9.45. The van der Waals surface area contributed by atoms with Gasteiger partial charge in [0.2, 0.25) is 0 Å². The van der Waals surface area contributed by atoms with E-state index in [0.29, 0.717) is 0 Å². The van der Waals surface area contributed by atoms with Crippen molar-refractivity contribution < 1.29 is 26.5 Å². The zero-order valence-corrected chi connectivity index (χ0v) is 14.9. The van der Waals surface area contributed by atoms with E-state index in [1.165, 1.54) is 0 Å². The van der Waals surface area contributed by atoms with Gasteiger partial charge in [-0.15, -0.1) is 0 Å². The third-order valence-corrected chi connectivity index (χ3v) is 3.63. The molecule has 2 aromatic rings. The molecule has 0 bridgehead atoms. The van der Waals surface area contributed by atoms with Crippen molar-refractivity contribution >= 4 is 42.2 Å². The summed E-state index contributed by atoms with van der Waals surface area (Å²) in [5, 5.41) is 2.28. The zero-order chi connectivity index (χ0) is 12.1. The van der Waals surface area contributed by atoms with E-state index in [2.05, 4.69) is 12.1 Å². The predicted molar refractivity (Wildman–Crippen MR) is 77.9 cm³/mol. The van der Waals surface area contributed by atoms with Crippen LogP contribution in [0.4, 0.5) is 0 Å². The van der Waals surface area contributed by atoms with Crippen LogP contribution in [0.5, 0.6) is 11.5 Å². The number of methoxy groups -OCH3 is 2. The van der Waals surface area contributed by atoms with Gasteiger partial charge >= 0.3 is 23.1 Å². The second-order valence-electron chi connectivity index (χ2n) is 3.46. The fraction of sp³-hybridized carbons (Fsp3) is 0.143. The Balaban J connectivity index is 0.00000162. The SMILES string of the molecule is COc1ccccc1[P-]c1ccccc1OC.[Br-].[Mg+2]. The van der Waals surface area contributed by atoms with Crippen LogP contribution in [0.3, 0.4) is 0 Å². The summed E-state index contributed by atoms with van der Waals surface area (Å²) in [7, 11) is 4.47. The number of para-hydroxylation sites is 2. The second-order valence-corrected chi connectivity index (χ2v) is 4.64. The van der Waals surface area contributed by atoms with Gasteiger partial charge < -0.3 is 35.0 Å².